The topological polar surface area (TPSA) is 20.3 Å². The molecule has 1 heterocycles. The van der Waals surface area contributed by atoms with Gasteiger partial charge in [-0.25, -0.2) is 0 Å². The van der Waals surface area contributed by atoms with Gasteiger partial charge in [0.1, 0.15) is 0 Å². The lowest BCUT2D eigenvalue weighted by Crippen LogP contribution is -2.28. The lowest BCUT2D eigenvalue weighted by atomic mass is 10.1. The van der Waals surface area contributed by atoms with Gasteiger partial charge in [-0.2, -0.15) is 0 Å². The summed E-state index contributed by atoms with van der Waals surface area (Å²) in [5.41, 5.74) is 2.11. The van der Waals surface area contributed by atoms with E-state index >= 15 is 0 Å². The van der Waals surface area contributed by atoms with Crippen LogP contribution in [0.2, 0.25) is 0 Å². The summed E-state index contributed by atoms with van der Waals surface area (Å²) in [7, 11) is 0. The van der Waals surface area contributed by atoms with Crippen LogP contribution in [0, 0.1) is 0 Å². The number of benzene rings is 1. The van der Waals surface area contributed by atoms with Crippen LogP contribution in [0.25, 0.3) is 0 Å². The monoisotopic (exact) mass is 187 g/mol. The molecule has 0 radical (unpaired) electrons. The van der Waals surface area contributed by atoms with Gasteiger partial charge in [-0.05, 0) is 31.4 Å². The zero-order valence-corrected chi connectivity index (χ0v) is 8.23. The average molecular weight is 187 g/mol. The Kier molecular flexibility index (Phi) is 1.49. The van der Waals surface area contributed by atoms with Crippen LogP contribution in [0.1, 0.15) is 41.7 Å². The fourth-order valence-electron chi connectivity index (χ4n) is 2.36. The van der Waals surface area contributed by atoms with Crippen LogP contribution < -0.4 is 0 Å². The number of rotatable bonds is 1. The molecule has 0 spiro atoms. The Morgan fingerprint density at radius 1 is 1.29 bits per heavy atom. The van der Waals surface area contributed by atoms with Crippen molar-refractivity contribution in [1.29, 1.82) is 0 Å². The molecule has 0 N–H and O–H groups in total. The van der Waals surface area contributed by atoms with Crippen molar-refractivity contribution < 1.29 is 4.79 Å². The van der Waals surface area contributed by atoms with Crippen LogP contribution in [0.4, 0.5) is 0 Å². The van der Waals surface area contributed by atoms with Crippen molar-refractivity contribution in [2.75, 3.05) is 0 Å². The summed E-state index contributed by atoms with van der Waals surface area (Å²) in [6.07, 6.45) is 2.37. The van der Waals surface area contributed by atoms with Crippen molar-refractivity contribution in [3.05, 3.63) is 35.4 Å². The van der Waals surface area contributed by atoms with Crippen molar-refractivity contribution in [1.82, 2.24) is 4.90 Å². The zero-order chi connectivity index (χ0) is 9.71. The second-order valence-corrected chi connectivity index (χ2v) is 4.21. The molecule has 0 unspecified atom stereocenters. The molecule has 14 heavy (non-hydrogen) atoms. The molecular weight excluding hydrogens is 174 g/mol. The number of hydrogen-bond donors (Lipinski definition) is 0. The standard InChI is InChI=1S/C12H13NO/c1-8-10-4-2-3-5-11(10)12(14)13(8)9-6-7-9/h2-5,8-9H,6-7H2,1H3/t8-/m0/s1. The first-order valence-corrected chi connectivity index (χ1v) is 5.20. The highest BCUT2D eigenvalue weighted by Gasteiger charge is 2.42. The van der Waals surface area contributed by atoms with Gasteiger partial charge in [-0.3, -0.25) is 4.79 Å². The number of fused-ring (bicyclic) bond motifs is 1. The summed E-state index contributed by atoms with van der Waals surface area (Å²) < 4.78 is 0. The normalized spacial score (nSPS) is 25.4. The van der Waals surface area contributed by atoms with Gasteiger partial charge in [0.25, 0.3) is 5.91 Å². The summed E-state index contributed by atoms with van der Waals surface area (Å²) in [6, 6.07) is 8.77. The molecule has 0 bridgehead atoms. The molecule has 1 atom stereocenters. The Hall–Kier alpha value is -1.31. The molecule has 1 fully saturated rings. The molecule has 72 valence electrons. The zero-order valence-electron chi connectivity index (χ0n) is 8.23. The molecule has 0 saturated heterocycles. The summed E-state index contributed by atoms with van der Waals surface area (Å²) in [6.45, 7) is 2.13. The lowest BCUT2D eigenvalue weighted by Gasteiger charge is -2.21. The molecule has 2 aliphatic rings. The van der Waals surface area contributed by atoms with Crippen LogP contribution in [-0.4, -0.2) is 16.8 Å². The molecule has 1 amide bonds. The first-order valence-electron chi connectivity index (χ1n) is 5.20. The second kappa shape index (κ2) is 2.59. The molecule has 1 saturated carbocycles. The number of hydrogen-bond acceptors (Lipinski definition) is 1. The fraction of sp³-hybridized carbons (Fsp3) is 0.417. The van der Waals surface area contributed by atoms with Crippen LogP contribution in [-0.2, 0) is 0 Å². The van der Waals surface area contributed by atoms with Gasteiger partial charge in [-0.15, -0.1) is 0 Å². The van der Waals surface area contributed by atoms with E-state index in [1.807, 2.05) is 23.1 Å². The van der Waals surface area contributed by atoms with E-state index < -0.39 is 0 Å². The Balaban J connectivity index is 2.07. The maximum Gasteiger partial charge on any atom is 0.254 e. The molecule has 1 aliphatic heterocycles. The minimum Gasteiger partial charge on any atom is -0.329 e. The minimum absolute atomic E-state index is 0.232. The van der Waals surface area contributed by atoms with Crippen LogP contribution in [0.15, 0.2) is 24.3 Å². The number of nitrogens with zero attached hydrogens (tertiary/aromatic N) is 1. The molecule has 1 aromatic rings. The van der Waals surface area contributed by atoms with E-state index in [1.54, 1.807) is 0 Å². The van der Waals surface area contributed by atoms with E-state index in [0.29, 0.717) is 6.04 Å². The van der Waals surface area contributed by atoms with E-state index in [-0.39, 0.29) is 11.9 Å². The smallest absolute Gasteiger partial charge is 0.254 e. The van der Waals surface area contributed by atoms with Gasteiger partial charge in [0, 0.05) is 11.6 Å². The highest BCUT2D eigenvalue weighted by atomic mass is 16.2. The summed E-state index contributed by atoms with van der Waals surface area (Å²) in [5, 5.41) is 0. The average Bonchev–Trinajstić information content (AvgIpc) is 2.99. The minimum atomic E-state index is 0.232. The third-order valence-electron chi connectivity index (χ3n) is 3.23. The Labute approximate surface area is 83.5 Å². The molecule has 1 aromatic carbocycles. The number of carbonyl (C=O) groups is 1. The largest absolute Gasteiger partial charge is 0.329 e. The Morgan fingerprint density at radius 2 is 2.00 bits per heavy atom. The van der Waals surface area contributed by atoms with Gasteiger partial charge >= 0.3 is 0 Å². The summed E-state index contributed by atoms with van der Waals surface area (Å²) >= 11 is 0. The number of carbonyl (C=O) groups excluding carboxylic acids is 1. The van der Waals surface area contributed by atoms with E-state index in [1.165, 1.54) is 18.4 Å². The van der Waals surface area contributed by atoms with E-state index in [2.05, 4.69) is 13.0 Å². The molecule has 3 rings (SSSR count). The number of amides is 1. The molecular formula is C12H13NO. The maximum absolute atomic E-state index is 12.0. The molecule has 0 aromatic heterocycles. The van der Waals surface area contributed by atoms with Crippen molar-refractivity contribution in [3.63, 3.8) is 0 Å². The quantitative estimate of drug-likeness (QED) is 0.661. The summed E-state index contributed by atoms with van der Waals surface area (Å²) in [4.78, 5) is 14.1. The second-order valence-electron chi connectivity index (χ2n) is 4.21. The van der Waals surface area contributed by atoms with Gasteiger partial charge in [0.05, 0.1) is 6.04 Å². The fourth-order valence-corrected chi connectivity index (χ4v) is 2.36. The van der Waals surface area contributed by atoms with Gasteiger partial charge in [-0.1, -0.05) is 18.2 Å². The predicted octanol–water partition coefficient (Wildman–Crippen LogP) is 2.37. The maximum atomic E-state index is 12.0. The van der Waals surface area contributed by atoms with Gasteiger partial charge in [0.15, 0.2) is 0 Å². The predicted molar refractivity (Wildman–Crippen MR) is 54.0 cm³/mol. The van der Waals surface area contributed by atoms with Crippen molar-refractivity contribution >= 4 is 5.91 Å². The highest BCUT2D eigenvalue weighted by Crippen LogP contribution is 2.41. The van der Waals surface area contributed by atoms with Gasteiger partial charge < -0.3 is 4.90 Å². The molecule has 2 heteroatoms. The third kappa shape index (κ3) is 0.939. The van der Waals surface area contributed by atoms with Crippen LogP contribution in [0.3, 0.4) is 0 Å². The van der Waals surface area contributed by atoms with Gasteiger partial charge in [0.2, 0.25) is 0 Å². The lowest BCUT2D eigenvalue weighted by molar-refractivity contribution is 0.0723. The molecule has 2 nitrogen and oxygen atoms in total. The first-order chi connectivity index (χ1) is 6.79. The first kappa shape index (κ1) is 8.04. The SMILES string of the molecule is C[C@H]1c2ccccc2C(=O)N1C1CC1. The summed E-state index contributed by atoms with van der Waals surface area (Å²) in [5.74, 6) is 0.232. The van der Waals surface area contributed by atoms with Crippen molar-refractivity contribution in [3.8, 4) is 0 Å². The van der Waals surface area contributed by atoms with E-state index in [0.717, 1.165) is 5.56 Å². The Morgan fingerprint density at radius 3 is 2.64 bits per heavy atom. The van der Waals surface area contributed by atoms with Crippen LogP contribution in [0.5, 0.6) is 0 Å². The molecule has 1 aliphatic carbocycles. The van der Waals surface area contributed by atoms with E-state index in [4.69, 9.17) is 0 Å². The van der Waals surface area contributed by atoms with E-state index in [9.17, 15) is 4.79 Å². The van der Waals surface area contributed by atoms with Crippen molar-refractivity contribution in [2.24, 2.45) is 0 Å². The van der Waals surface area contributed by atoms with Crippen molar-refractivity contribution in [2.45, 2.75) is 31.8 Å². The Bertz CT molecular complexity index is 395. The van der Waals surface area contributed by atoms with Crippen LogP contribution >= 0.6 is 0 Å². The highest BCUT2D eigenvalue weighted by molar-refractivity contribution is 5.99. The third-order valence-corrected chi connectivity index (χ3v) is 3.23.